The number of unbranched alkanes of at least 4 members (excludes halogenated alkanes) is 24. The minimum absolute atomic E-state index is 0.604. The second-order valence-electron chi connectivity index (χ2n) is 14.1. The van der Waals surface area contributed by atoms with Crippen LogP contribution in [-0.4, -0.2) is 4.98 Å². The van der Waals surface area contributed by atoms with Crippen molar-refractivity contribution in [2.45, 2.75) is 206 Å². The number of aromatic nitrogens is 2. The molecule has 0 radical (unpaired) electrons. The van der Waals surface area contributed by atoms with E-state index < -0.39 is 0 Å². The molecule has 1 aromatic heterocycles. The van der Waals surface area contributed by atoms with Crippen LogP contribution in [0.2, 0.25) is 0 Å². The Kier molecular flexibility index (Phi) is 25.3. The Morgan fingerprint density at radius 1 is 0.500 bits per heavy atom. The van der Waals surface area contributed by atoms with Crippen LogP contribution in [0.3, 0.4) is 0 Å². The molecular formula is C42H75N2+. The molecule has 0 aliphatic heterocycles. The zero-order valence-electron chi connectivity index (χ0n) is 29.7. The molecule has 0 bridgehead atoms. The van der Waals surface area contributed by atoms with E-state index in [2.05, 4.69) is 72.5 Å². The van der Waals surface area contributed by atoms with Crippen molar-refractivity contribution in [3.05, 3.63) is 54.6 Å². The number of nitrogens with zero attached hydrogens (tertiary/aromatic N) is 1. The molecule has 2 nitrogen and oxygen atoms in total. The molecule has 1 N–H and O–H groups in total. The van der Waals surface area contributed by atoms with E-state index in [-0.39, 0.29) is 0 Å². The summed E-state index contributed by atoms with van der Waals surface area (Å²) in [6, 6.07) is 11.9. The number of H-pyrrole nitrogens is 1. The average molecular weight is 608 g/mol. The third kappa shape index (κ3) is 20.5. The second-order valence-corrected chi connectivity index (χ2v) is 14.1. The molecule has 44 heavy (non-hydrogen) atoms. The number of benzene rings is 1. The number of rotatable bonds is 32. The van der Waals surface area contributed by atoms with Crippen LogP contribution >= 0.6 is 0 Å². The van der Waals surface area contributed by atoms with Gasteiger partial charge in [-0.2, -0.15) is 0 Å². The predicted molar refractivity (Wildman–Crippen MR) is 194 cm³/mol. The molecule has 0 saturated heterocycles. The van der Waals surface area contributed by atoms with E-state index in [1.54, 1.807) is 0 Å². The normalized spacial score (nSPS) is 13.0. The predicted octanol–water partition coefficient (Wildman–Crippen LogP) is 13.7. The van der Waals surface area contributed by atoms with Crippen molar-refractivity contribution in [3.8, 4) is 0 Å². The van der Waals surface area contributed by atoms with Gasteiger partial charge in [0.1, 0.15) is 18.4 Å². The Hall–Kier alpha value is -1.57. The van der Waals surface area contributed by atoms with Gasteiger partial charge in [-0.05, 0) is 31.2 Å². The summed E-state index contributed by atoms with van der Waals surface area (Å²) in [6.07, 6.45) is 47.7. The van der Waals surface area contributed by atoms with Gasteiger partial charge in [-0.1, -0.05) is 205 Å². The summed E-state index contributed by atoms with van der Waals surface area (Å²) in [6.45, 7) is 4.62. The van der Waals surface area contributed by atoms with Gasteiger partial charge in [0.05, 0.1) is 0 Å². The minimum Gasteiger partial charge on any atom is -0.250 e. The Morgan fingerprint density at radius 3 is 1.32 bits per heavy atom. The summed E-state index contributed by atoms with van der Waals surface area (Å²) in [5, 5.41) is 0. The number of aromatic amines is 1. The number of imidazole rings is 1. The summed E-state index contributed by atoms with van der Waals surface area (Å²) >= 11 is 0. The third-order valence-electron chi connectivity index (χ3n) is 10.1. The highest BCUT2D eigenvalue weighted by Crippen LogP contribution is 2.29. The van der Waals surface area contributed by atoms with Crippen LogP contribution < -0.4 is 4.57 Å². The van der Waals surface area contributed by atoms with Gasteiger partial charge in [0, 0.05) is 5.92 Å². The molecule has 1 heterocycles. The van der Waals surface area contributed by atoms with Crippen LogP contribution in [0.4, 0.5) is 0 Å². The maximum Gasteiger partial charge on any atom is 0.241 e. The fraction of sp³-hybridized carbons (Fsp3) is 0.786. The van der Waals surface area contributed by atoms with Gasteiger partial charge < -0.3 is 0 Å². The quantitative estimate of drug-likeness (QED) is 0.0630. The maximum absolute atomic E-state index is 3.36. The highest BCUT2D eigenvalue weighted by Gasteiger charge is 2.26. The monoisotopic (exact) mass is 608 g/mol. The first-order valence-corrected chi connectivity index (χ1v) is 19.9. The lowest BCUT2D eigenvalue weighted by molar-refractivity contribution is -0.730. The van der Waals surface area contributed by atoms with Crippen molar-refractivity contribution in [3.63, 3.8) is 0 Å². The number of hydrogen-bond donors (Lipinski definition) is 1. The fourth-order valence-electron chi connectivity index (χ4n) is 7.28. The van der Waals surface area contributed by atoms with Crippen LogP contribution in [0.5, 0.6) is 0 Å². The van der Waals surface area contributed by atoms with E-state index in [1.165, 1.54) is 192 Å². The Morgan fingerprint density at radius 2 is 0.909 bits per heavy atom. The molecule has 2 atom stereocenters. The van der Waals surface area contributed by atoms with Gasteiger partial charge in [-0.3, -0.25) is 4.98 Å². The van der Waals surface area contributed by atoms with Gasteiger partial charge in [0.25, 0.3) is 0 Å². The molecule has 0 aliphatic rings. The van der Waals surface area contributed by atoms with Gasteiger partial charge in [0.2, 0.25) is 6.33 Å². The van der Waals surface area contributed by atoms with Gasteiger partial charge in [-0.15, -0.1) is 0 Å². The lowest BCUT2D eigenvalue weighted by Gasteiger charge is -2.25. The zero-order chi connectivity index (χ0) is 31.2. The van der Waals surface area contributed by atoms with Crippen LogP contribution in [-0.2, 0) is 6.42 Å². The van der Waals surface area contributed by atoms with Crippen LogP contribution in [0.25, 0.3) is 0 Å². The summed E-state index contributed by atoms with van der Waals surface area (Å²) in [4.78, 5) is 3.36. The smallest absolute Gasteiger partial charge is 0.241 e. The van der Waals surface area contributed by atoms with Gasteiger partial charge in [-0.25, -0.2) is 4.57 Å². The highest BCUT2D eigenvalue weighted by atomic mass is 15.1. The molecule has 0 amide bonds. The van der Waals surface area contributed by atoms with Crippen molar-refractivity contribution in [2.24, 2.45) is 5.92 Å². The zero-order valence-corrected chi connectivity index (χ0v) is 29.7. The van der Waals surface area contributed by atoms with E-state index in [4.69, 9.17) is 0 Å². The molecule has 2 aromatic rings. The van der Waals surface area contributed by atoms with Gasteiger partial charge in [0.15, 0.2) is 0 Å². The lowest BCUT2D eigenvalue weighted by atomic mass is 9.84. The molecular weight excluding hydrogens is 532 g/mol. The maximum atomic E-state index is 3.36. The van der Waals surface area contributed by atoms with E-state index in [0.29, 0.717) is 12.0 Å². The molecule has 0 fully saturated rings. The molecule has 0 aliphatic carbocycles. The molecule has 2 unspecified atom stereocenters. The second kappa shape index (κ2) is 28.9. The van der Waals surface area contributed by atoms with Crippen LogP contribution in [0, 0.1) is 5.92 Å². The average Bonchev–Trinajstić information content (AvgIpc) is 3.58. The van der Waals surface area contributed by atoms with E-state index in [1.807, 2.05) is 0 Å². The molecule has 0 saturated carbocycles. The molecule has 2 rings (SSSR count). The van der Waals surface area contributed by atoms with E-state index >= 15 is 0 Å². The third-order valence-corrected chi connectivity index (χ3v) is 10.1. The fourth-order valence-corrected chi connectivity index (χ4v) is 7.28. The highest BCUT2D eigenvalue weighted by molar-refractivity contribution is 5.15. The number of nitrogens with one attached hydrogen (secondary N) is 1. The van der Waals surface area contributed by atoms with Crippen molar-refractivity contribution >= 4 is 0 Å². The molecule has 252 valence electrons. The Balaban J connectivity index is 1.66. The lowest BCUT2D eigenvalue weighted by Crippen LogP contribution is -2.42. The number of hydrogen-bond acceptors (Lipinski definition) is 0. The van der Waals surface area contributed by atoms with Crippen molar-refractivity contribution in [1.29, 1.82) is 0 Å². The summed E-state index contributed by atoms with van der Waals surface area (Å²) in [7, 11) is 0. The molecule has 1 aromatic carbocycles. The Labute approximate surface area is 275 Å². The first kappa shape index (κ1) is 38.6. The molecule has 2 heteroatoms. The van der Waals surface area contributed by atoms with Crippen molar-refractivity contribution in [1.82, 2.24) is 4.98 Å². The van der Waals surface area contributed by atoms with E-state index in [9.17, 15) is 0 Å². The van der Waals surface area contributed by atoms with E-state index in [0.717, 1.165) is 0 Å². The SMILES string of the molecule is CCCCCCCCCCCCCCCCCCC(Cc1ccccc1)C(CCCCCCCCCCCC)[n+]1cc[nH]c1. The first-order chi connectivity index (χ1) is 21.8. The molecule has 0 spiro atoms. The summed E-state index contributed by atoms with van der Waals surface area (Å²) in [5.74, 6) is 0.711. The van der Waals surface area contributed by atoms with Crippen molar-refractivity contribution < 1.29 is 4.57 Å². The Bertz CT molecular complexity index is 814. The van der Waals surface area contributed by atoms with Crippen molar-refractivity contribution in [2.75, 3.05) is 0 Å². The van der Waals surface area contributed by atoms with Crippen LogP contribution in [0.15, 0.2) is 49.1 Å². The summed E-state index contributed by atoms with van der Waals surface area (Å²) in [5.41, 5.74) is 1.51. The van der Waals surface area contributed by atoms with Crippen LogP contribution in [0.1, 0.15) is 205 Å². The first-order valence-electron chi connectivity index (χ1n) is 19.9. The largest absolute Gasteiger partial charge is 0.250 e. The minimum atomic E-state index is 0.604. The standard InChI is InChI=1S/C42H74N2/c1-3-5-7-9-11-13-15-16-17-18-19-20-21-23-25-30-34-41(38-40-32-28-27-29-33-40)42(44-37-36-43-39-44)35-31-26-24-22-14-12-10-8-6-4-2/h27-29,32-33,36-37,39,41-42H,3-26,30-31,34-35,38H2,1-2H3/p+1. The summed E-state index contributed by atoms with van der Waals surface area (Å²) < 4.78 is 2.51. The topological polar surface area (TPSA) is 19.7 Å². The van der Waals surface area contributed by atoms with Gasteiger partial charge >= 0.3 is 0 Å².